The van der Waals surface area contributed by atoms with Gasteiger partial charge in [-0.1, -0.05) is 91.0 Å². The van der Waals surface area contributed by atoms with Crippen molar-refractivity contribution in [2.24, 2.45) is 34.4 Å². The highest BCUT2D eigenvalue weighted by molar-refractivity contribution is 7.94. The molecule has 0 saturated heterocycles. The van der Waals surface area contributed by atoms with Gasteiger partial charge in [0, 0.05) is 23.0 Å². The van der Waals surface area contributed by atoms with E-state index in [0.29, 0.717) is 36.0 Å². The van der Waals surface area contributed by atoms with E-state index >= 15 is 0 Å². The van der Waals surface area contributed by atoms with Gasteiger partial charge in [0.25, 0.3) is 17.7 Å². The minimum Gasteiger partial charge on any atom is -0.330 e. The van der Waals surface area contributed by atoms with Crippen molar-refractivity contribution in [3.8, 4) is 0 Å². The van der Waals surface area contributed by atoms with Crippen LogP contribution in [0.5, 0.6) is 0 Å². The van der Waals surface area contributed by atoms with E-state index in [9.17, 15) is 39.6 Å². The number of hydrogen-bond donors (Lipinski definition) is 9. The molecule has 3 amide bonds. The SMILES string of the molecule is Cl.NCCCC[C@@](N)(C(=O)Nc1ccc(C(c2ccc(NC(=O)[C@](N)(CCCCN)S(=O)(=O)c3ccccc3)cc2)c2ccc(NC(=O)[C@](N)(CCCCN)S(=O)(=O)c3ccccc3)cc2)cc1)S(=O)(=O)c1ccccc1. The number of halogens is 1. The molecule has 6 rings (SSSR count). The van der Waals surface area contributed by atoms with E-state index < -0.39 is 67.8 Å². The Morgan fingerprint density at radius 1 is 0.364 bits per heavy atom. The third-order valence-electron chi connectivity index (χ3n) is 13.3. The van der Waals surface area contributed by atoms with Gasteiger partial charge in [0.1, 0.15) is 0 Å². The Morgan fingerprint density at radius 2 is 0.584 bits per heavy atom. The normalized spacial score (nSPS) is 14.2. The van der Waals surface area contributed by atoms with Gasteiger partial charge >= 0.3 is 0 Å². The molecule has 0 aliphatic heterocycles. The van der Waals surface area contributed by atoms with E-state index in [-0.39, 0.29) is 102 Å². The van der Waals surface area contributed by atoms with Crippen molar-refractivity contribution in [2.45, 2.75) is 93.0 Å². The quantitative estimate of drug-likeness (QED) is 0.0215. The molecule has 6 aromatic rings. The molecule has 22 heteroatoms. The van der Waals surface area contributed by atoms with Gasteiger partial charge in [-0.3, -0.25) is 14.4 Å². The molecule has 0 radical (unpaired) electrons. The smallest absolute Gasteiger partial charge is 0.260 e. The molecule has 0 bridgehead atoms. The number of hydrogen-bond acceptors (Lipinski definition) is 15. The predicted octanol–water partition coefficient (Wildman–Crippen LogP) is 5.88. The summed E-state index contributed by atoms with van der Waals surface area (Å²) < 4.78 is 83.9. The summed E-state index contributed by atoms with van der Waals surface area (Å²) in [6.07, 6.45) is 1.50. The van der Waals surface area contributed by atoms with Gasteiger partial charge in [0.2, 0.25) is 44.1 Å². The number of sulfone groups is 3. The predicted molar refractivity (Wildman–Crippen MR) is 304 cm³/mol. The summed E-state index contributed by atoms with van der Waals surface area (Å²) >= 11 is 0. The maximum atomic E-state index is 14.0. The van der Waals surface area contributed by atoms with E-state index in [1.807, 2.05) is 0 Å². The zero-order valence-electron chi connectivity index (χ0n) is 42.4. The average Bonchev–Trinajstić information content (AvgIpc) is 3.45. The van der Waals surface area contributed by atoms with E-state index in [4.69, 9.17) is 34.4 Å². The van der Waals surface area contributed by atoms with E-state index in [1.165, 1.54) is 36.4 Å². The molecule has 0 saturated carbocycles. The van der Waals surface area contributed by atoms with Crippen LogP contribution in [0.2, 0.25) is 0 Å². The maximum absolute atomic E-state index is 14.0. The van der Waals surface area contributed by atoms with Gasteiger partial charge in [0.05, 0.1) is 14.7 Å². The molecule has 0 aromatic heterocycles. The van der Waals surface area contributed by atoms with E-state index in [1.54, 1.807) is 127 Å². The summed E-state index contributed by atoms with van der Waals surface area (Å²) in [6.45, 7) is 0.811. The molecule has 6 aromatic carbocycles. The third kappa shape index (κ3) is 13.7. The molecular weight excluding hydrogens is 1060 g/mol. The number of nitrogens with one attached hydrogen (secondary N) is 3. The molecule has 15 N–H and O–H groups in total. The van der Waals surface area contributed by atoms with Crippen molar-refractivity contribution in [2.75, 3.05) is 35.6 Å². The van der Waals surface area contributed by atoms with Gasteiger partial charge in [0.15, 0.2) is 0 Å². The first kappa shape index (κ1) is 61.5. The zero-order valence-corrected chi connectivity index (χ0v) is 45.7. The molecule has 0 aliphatic carbocycles. The Kier molecular flexibility index (Phi) is 21.4. The average molecular weight is 1130 g/mol. The highest BCUT2D eigenvalue weighted by atomic mass is 35.5. The van der Waals surface area contributed by atoms with Gasteiger partial charge in [-0.15, -0.1) is 12.4 Å². The summed E-state index contributed by atoms with van der Waals surface area (Å²) in [6, 6.07) is 42.4. The third-order valence-corrected chi connectivity index (χ3v) is 20.0. The Balaban J connectivity index is 0.0000109. The van der Waals surface area contributed by atoms with Crippen molar-refractivity contribution in [3.63, 3.8) is 0 Å². The lowest BCUT2D eigenvalue weighted by molar-refractivity contribution is -0.119. The van der Waals surface area contributed by atoms with Crippen LogP contribution in [0.25, 0.3) is 0 Å². The van der Waals surface area contributed by atoms with Gasteiger partial charge in [-0.25, -0.2) is 25.3 Å². The molecule has 3 atom stereocenters. The monoisotopic (exact) mass is 1130 g/mol. The summed E-state index contributed by atoms with van der Waals surface area (Å²) in [5.41, 5.74) is 39.6. The molecule has 0 spiro atoms. The standard InChI is InChI=1S/C55H67N9O9S3.ClH/c56-37-13-10-34-53(59,74(68,69)46-16-4-1-5-17-46)50(65)62-43-28-22-40(23-29-43)49(41-24-30-44(31-25-41)63-51(66)54(60,35-11-14-38-57)75(70,71)47-18-6-2-7-19-47)42-26-32-45(33-27-42)64-52(67)55(61,36-12-15-39-58)76(72,73)48-20-8-3-9-21-48;/h1-9,16-33,49H,10-15,34-39,56-61H2,(H,62,65)(H,63,66)(H,64,67);1H/t53-,54-,55-;/m0./s1. The number of benzene rings is 6. The second-order valence-corrected chi connectivity index (χ2v) is 25.1. The van der Waals surface area contributed by atoms with Gasteiger partial charge in [-0.05, 0) is 167 Å². The highest BCUT2D eigenvalue weighted by Gasteiger charge is 2.50. The van der Waals surface area contributed by atoms with Crippen molar-refractivity contribution >= 4 is 76.7 Å². The first-order valence-electron chi connectivity index (χ1n) is 24.8. The molecule has 0 aliphatic rings. The molecule has 412 valence electrons. The zero-order chi connectivity index (χ0) is 55.2. The van der Waals surface area contributed by atoms with Gasteiger partial charge < -0.3 is 50.4 Å². The van der Waals surface area contributed by atoms with Crippen molar-refractivity contribution in [1.82, 2.24) is 0 Å². The van der Waals surface area contributed by atoms with Gasteiger partial charge in [-0.2, -0.15) is 0 Å². The first-order valence-corrected chi connectivity index (χ1v) is 29.3. The fourth-order valence-corrected chi connectivity index (χ4v) is 13.6. The minimum atomic E-state index is -4.39. The lowest BCUT2D eigenvalue weighted by Crippen LogP contribution is -2.57. The number of carbonyl (C=O) groups is 3. The van der Waals surface area contributed by atoms with Crippen molar-refractivity contribution in [1.29, 1.82) is 0 Å². The lowest BCUT2D eigenvalue weighted by atomic mass is 9.85. The van der Waals surface area contributed by atoms with Crippen LogP contribution < -0.4 is 50.4 Å². The van der Waals surface area contributed by atoms with Crippen LogP contribution in [0, 0.1) is 0 Å². The van der Waals surface area contributed by atoms with Crippen LogP contribution in [0.15, 0.2) is 178 Å². The molecule has 0 unspecified atom stereocenters. The molecule has 77 heavy (non-hydrogen) atoms. The highest BCUT2D eigenvalue weighted by Crippen LogP contribution is 2.36. The Morgan fingerprint density at radius 3 is 0.792 bits per heavy atom. The number of unbranched alkanes of at least 4 members (excludes halogenated alkanes) is 3. The Bertz CT molecular complexity index is 2910. The Labute approximate surface area is 457 Å². The topological polar surface area (TPSA) is 346 Å². The van der Waals surface area contributed by atoms with Crippen molar-refractivity contribution < 1.29 is 39.6 Å². The van der Waals surface area contributed by atoms with E-state index in [2.05, 4.69) is 16.0 Å². The molecular formula is C55H68ClN9O9S3. The number of carbonyl (C=O) groups excluding carboxylic acids is 3. The van der Waals surface area contributed by atoms with Crippen LogP contribution >= 0.6 is 12.4 Å². The first-order chi connectivity index (χ1) is 36.2. The van der Waals surface area contributed by atoms with Crippen LogP contribution in [-0.2, 0) is 43.9 Å². The second-order valence-electron chi connectivity index (χ2n) is 18.5. The molecule has 0 heterocycles. The number of rotatable bonds is 27. The molecule has 18 nitrogen and oxygen atoms in total. The maximum Gasteiger partial charge on any atom is 0.260 e. The van der Waals surface area contributed by atoms with Crippen molar-refractivity contribution in [3.05, 3.63) is 180 Å². The van der Waals surface area contributed by atoms with E-state index in [0.717, 1.165) is 0 Å². The summed E-state index contributed by atoms with van der Waals surface area (Å²) in [5, 5.41) is 8.12. The number of anilines is 3. The fraction of sp³-hybridized carbons (Fsp3) is 0.291. The fourth-order valence-electron chi connectivity index (χ4n) is 8.70. The summed E-state index contributed by atoms with van der Waals surface area (Å²) in [4.78, 5) is 34.7. The summed E-state index contributed by atoms with van der Waals surface area (Å²) in [5.74, 6) is -3.43. The van der Waals surface area contributed by atoms with Crippen LogP contribution in [0.3, 0.4) is 0 Å². The largest absolute Gasteiger partial charge is 0.330 e. The molecule has 0 fully saturated rings. The van der Waals surface area contributed by atoms with Crippen LogP contribution in [0.4, 0.5) is 17.1 Å². The van der Waals surface area contributed by atoms with Crippen LogP contribution in [0.1, 0.15) is 80.4 Å². The lowest BCUT2D eigenvalue weighted by Gasteiger charge is -2.28. The Hall–Kier alpha value is -6.37. The minimum absolute atomic E-state index is 0. The number of nitrogens with two attached hydrogens (primary N) is 6. The number of amides is 3. The van der Waals surface area contributed by atoms with Crippen LogP contribution in [-0.4, -0.2) is 77.2 Å². The summed E-state index contributed by atoms with van der Waals surface area (Å²) in [7, 11) is -13.2. The second kappa shape index (κ2) is 26.8.